The van der Waals surface area contributed by atoms with Crippen LogP contribution >= 0.6 is 0 Å². The first-order valence-corrected chi connectivity index (χ1v) is 35.1. The molecular weight excluding hydrogens is 997 g/mol. The summed E-state index contributed by atoms with van der Waals surface area (Å²) < 4.78 is 16.9. The molecule has 0 aliphatic rings. The van der Waals surface area contributed by atoms with Crippen molar-refractivity contribution in [3.8, 4) is 0 Å². The molecule has 0 amide bonds. The molecule has 0 rings (SSSR count). The van der Waals surface area contributed by atoms with Gasteiger partial charge in [-0.25, -0.2) is 0 Å². The van der Waals surface area contributed by atoms with Crippen molar-refractivity contribution < 1.29 is 28.6 Å². The van der Waals surface area contributed by atoms with Crippen LogP contribution in [-0.2, 0) is 28.6 Å². The molecule has 0 bridgehead atoms. The van der Waals surface area contributed by atoms with Gasteiger partial charge < -0.3 is 14.2 Å². The van der Waals surface area contributed by atoms with Crippen molar-refractivity contribution in [1.29, 1.82) is 0 Å². The standard InChI is InChI=1S/C75H132O6/c1-4-7-10-13-16-19-21-23-25-27-29-30-31-32-33-34-35-36-37-38-39-40-41-42-43-44-46-47-49-51-53-56-59-62-65-68-74(77)80-71-72(70-79-73(76)67-64-61-58-55-18-15-12-9-6-3)81-75(78)69-66-63-60-57-54-52-50-48-45-28-26-24-22-20-17-14-11-8-5-2/h7,10,16-17,19-20,23-26,29-30,45,48,72H,4-6,8-9,11-15,18,21-22,27-28,31-44,46-47,49-71H2,1-3H3/b10-7-,19-16-,20-17-,25-23-,26-24-,30-29-,48-45-. The van der Waals surface area contributed by atoms with Gasteiger partial charge in [0.25, 0.3) is 0 Å². The van der Waals surface area contributed by atoms with Crippen molar-refractivity contribution in [2.75, 3.05) is 13.2 Å². The lowest BCUT2D eigenvalue weighted by Gasteiger charge is -2.18. The molecule has 0 fully saturated rings. The molecule has 1 unspecified atom stereocenters. The highest BCUT2D eigenvalue weighted by molar-refractivity contribution is 5.71. The highest BCUT2D eigenvalue weighted by Gasteiger charge is 2.19. The van der Waals surface area contributed by atoms with E-state index in [0.29, 0.717) is 19.3 Å². The Hall–Kier alpha value is -3.41. The lowest BCUT2D eigenvalue weighted by atomic mass is 10.0. The molecule has 6 nitrogen and oxygen atoms in total. The van der Waals surface area contributed by atoms with E-state index in [1.807, 2.05) is 0 Å². The number of esters is 3. The number of hydrogen-bond acceptors (Lipinski definition) is 6. The topological polar surface area (TPSA) is 78.9 Å². The van der Waals surface area contributed by atoms with Crippen molar-refractivity contribution in [3.05, 3.63) is 85.1 Å². The summed E-state index contributed by atoms with van der Waals surface area (Å²) in [4.78, 5) is 38.2. The van der Waals surface area contributed by atoms with Crippen LogP contribution in [0.3, 0.4) is 0 Å². The Kier molecular flexibility index (Phi) is 66.2. The van der Waals surface area contributed by atoms with E-state index in [1.165, 1.54) is 205 Å². The first-order valence-electron chi connectivity index (χ1n) is 35.1. The molecular formula is C75H132O6. The van der Waals surface area contributed by atoms with Gasteiger partial charge in [0.05, 0.1) is 0 Å². The third-order valence-corrected chi connectivity index (χ3v) is 15.4. The van der Waals surface area contributed by atoms with Gasteiger partial charge >= 0.3 is 17.9 Å². The largest absolute Gasteiger partial charge is 0.462 e. The summed E-state index contributed by atoms with van der Waals surface area (Å²) in [5.41, 5.74) is 0. The Labute approximate surface area is 503 Å². The summed E-state index contributed by atoms with van der Waals surface area (Å²) >= 11 is 0. The predicted octanol–water partition coefficient (Wildman–Crippen LogP) is 24.2. The van der Waals surface area contributed by atoms with Crippen LogP contribution in [0.15, 0.2) is 85.1 Å². The van der Waals surface area contributed by atoms with E-state index in [9.17, 15) is 14.4 Å². The Bertz CT molecular complexity index is 1530. The highest BCUT2D eigenvalue weighted by Crippen LogP contribution is 2.18. The summed E-state index contributed by atoms with van der Waals surface area (Å²) in [6.07, 6.45) is 92.1. The molecule has 0 aliphatic heterocycles. The fraction of sp³-hybridized carbons (Fsp3) is 0.773. The first-order chi connectivity index (χ1) is 40.0. The van der Waals surface area contributed by atoms with Crippen LogP contribution in [-0.4, -0.2) is 37.2 Å². The first kappa shape index (κ1) is 77.6. The van der Waals surface area contributed by atoms with Crippen molar-refractivity contribution in [2.45, 2.75) is 361 Å². The third kappa shape index (κ3) is 67.3. The van der Waals surface area contributed by atoms with Crippen molar-refractivity contribution in [3.63, 3.8) is 0 Å². The Morgan fingerprint density at radius 1 is 0.259 bits per heavy atom. The number of carbonyl (C=O) groups excluding carboxylic acids is 3. The van der Waals surface area contributed by atoms with Gasteiger partial charge in [-0.3, -0.25) is 14.4 Å². The summed E-state index contributed by atoms with van der Waals surface area (Å²) in [5.74, 6) is -0.874. The lowest BCUT2D eigenvalue weighted by Crippen LogP contribution is -2.30. The second-order valence-corrected chi connectivity index (χ2v) is 23.4. The van der Waals surface area contributed by atoms with Crippen LogP contribution in [0.2, 0.25) is 0 Å². The van der Waals surface area contributed by atoms with Crippen molar-refractivity contribution in [1.82, 2.24) is 0 Å². The van der Waals surface area contributed by atoms with Gasteiger partial charge in [-0.05, 0) is 96.3 Å². The molecule has 0 aromatic carbocycles. The number of hydrogen-bond donors (Lipinski definition) is 0. The minimum absolute atomic E-state index is 0.0764. The monoisotopic (exact) mass is 1130 g/mol. The Balaban J connectivity index is 4.05. The van der Waals surface area contributed by atoms with E-state index in [2.05, 4.69) is 106 Å². The van der Waals surface area contributed by atoms with Gasteiger partial charge in [0.1, 0.15) is 13.2 Å². The lowest BCUT2D eigenvalue weighted by molar-refractivity contribution is -0.167. The van der Waals surface area contributed by atoms with Crippen LogP contribution in [0.5, 0.6) is 0 Å². The van der Waals surface area contributed by atoms with E-state index in [4.69, 9.17) is 14.2 Å². The zero-order chi connectivity index (χ0) is 58.5. The van der Waals surface area contributed by atoms with Gasteiger partial charge in [-0.15, -0.1) is 0 Å². The zero-order valence-corrected chi connectivity index (χ0v) is 53.8. The van der Waals surface area contributed by atoms with Gasteiger partial charge in [0.2, 0.25) is 0 Å². The molecule has 81 heavy (non-hydrogen) atoms. The van der Waals surface area contributed by atoms with E-state index in [0.717, 1.165) is 109 Å². The van der Waals surface area contributed by atoms with Crippen LogP contribution in [0.25, 0.3) is 0 Å². The van der Waals surface area contributed by atoms with E-state index < -0.39 is 6.10 Å². The molecule has 0 heterocycles. The molecule has 0 saturated carbocycles. The predicted molar refractivity (Wildman–Crippen MR) is 353 cm³/mol. The number of unbranched alkanes of at least 4 members (excludes halogenated alkanes) is 39. The minimum atomic E-state index is -0.779. The average molecular weight is 1130 g/mol. The molecule has 0 radical (unpaired) electrons. The Morgan fingerprint density at radius 2 is 0.481 bits per heavy atom. The maximum absolute atomic E-state index is 12.9. The molecule has 0 N–H and O–H groups in total. The number of ether oxygens (including phenoxy) is 3. The molecule has 1 atom stereocenters. The SMILES string of the molecule is CC/C=C\C/C=C\C/C=C\C/C=C\CCCCCCCCCCCCCCCCCCCCCCCCC(=O)OCC(COC(=O)CCCCCCCCCCC)OC(=O)CCCCCCCC/C=C\C/C=C\C/C=C\CCCCC. The van der Waals surface area contributed by atoms with E-state index in [1.54, 1.807) is 0 Å². The molecule has 0 aromatic rings. The Morgan fingerprint density at radius 3 is 0.778 bits per heavy atom. The second-order valence-electron chi connectivity index (χ2n) is 23.4. The van der Waals surface area contributed by atoms with Crippen LogP contribution in [0, 0.1) is 0 Å². The summed E-state index contributed by atoms with van der Waals surface area (Å²) in [6.45, 7) is 6.51. The molecule has 0 spiro atoms. The quantitative estimate of drug-likeness (QED) is 0.0261. The maximum atomic E-state index is 12.9. The molecule has 0 aromatic heterocycles. The fourth-order valence-corrected chi connectivity index (χ4v) is 10.2. The third-order valence-electron chi connectivity index (χ3n) is 15.4. The van der Waals surface area contributed by atoms with Gasteiger partial charge in [0, 0.05) is 19.3 Å². The molecule has 6 heteroatoms. The molecule has 468 valence electrons. The fourth-order valence-electron chi connectivity index (χ4n) is 10.2. The number of rotatable bonds is 64. The van der Waals surface area contributed by atoms with Crippen molar-refractivity contribution >= 4 is 17.9 Å². The number of allylic oxidation sites excluding steroid dienone is 14. The van der Waals surface area contributed by atoms with Crippen molar-refractivity contribution in [2.24, 2.45) is 0 Å². The highest BCUT2D eigenvalue weighted by atomic mass is 16.6. The van der Waals surface area contributed by atoms with E-state index >= 15 is 0 Å². The molecule has 0 aliphatic carbocycles. The summed E-state index contributed by atoms with van der Waals surface area (Å²) in [7, 11) is 0. The van der Waals surface area contributed by atoms with Gasteiger partial charge in [0.15, 0.2) is 6.10 Å². The van der Waals surface area contributed by atoms with Crippen LogP contribution < -0.4 is 0 Å². The van der Waals surface area contributed by atoms with Crippen LogP contribution in [0.1, 0.15) is 355 Å². The zero-order valence-electron chi connectivity index (χ0n) is 53.8. The van der Waals surface area contributed by atoms with Crippen LogP contribution in [0.4, 0.5) is 0 Å². The summed E-state index contributed by atoms with van der Waals surface area (Å²) in [5, 5.41) is 0. The average Bonchev–Trinajstić information content (AvgIpc) is 3.47. The number of carbonyl (C=O) groups is 3. The van der Waals surface area contributed by atoms with E-state index in [-0.39, 0.29) is 31.1 Å². The minimum Gasteiger partial charge on any atom is -0.462 e. The smallest absolute Gasteiger partial charge is 0.306 e. The van der Waals surface area contributed by atoms with Gasteiger partial charge in [-0.2, -0.15) is 0 Å². The second kappa shape index (κ2) is 69.1. The summed E-state index contributed by atoms with van der Waals surface area (Å²) in [6, 6.07) is 0. The van der Waals surface area contributed by atoms with Gasteiger partial charge in [-0.1, -0.05) is 324 Å². The maximum Gasteiger partial charge on any atom is 0.306 e. The molecule has 0 saturated heterocycles. The normalized spacial score (nSPS) is 12.6.